The highest BCUT2D eigenvalue weighted by atomic mass is 15.2. The van der Waals surface area contributed by atoms with Gasteiger partial charge < -0.3 is 15.2 Å². The van der Waals surface area contributed by atoms with Gasteiger partial charge in [0.25, 0.3) is 0 Å². The van der Waals surface area contributed by atoms with Crippen molar-refractivity contribution in [2.45, 2.75) is 46.6 Å². The number of nitrogens with one attached hydrogen (secondary N) is 2. The van der Waals surface area contributed by atoms with Crippen molar-refractivity contribution in [3.63, 3.8) is 0 Å². The van der Waals surface area contributed by atoms with Crippen LogP contribution in [-0.4, -0.2) is 35.6 Å². The summed E-state index contributed by atoms with van der Waals surface area (Å²) in [6.45, 7) is 9.43. The molecule has 5 heteroatoms. The third-order valence-electron chi connectivity index (χ3n) is 4.17. The lowest BCUT2D eigenvalue weighted by Gasteiger charge is -2.13. The second-order valence-electron chi connectivity index (χ2n) is 6.61. The van der Waals surface area contributed by atoms with Gasteiger partial charge in [-0.3, -0.25) is 4.99 Å². The minimum absolute atomic E-state index is 0.759. The van der Waals surface area contributed by atoms with E-state index >= 15 is 0 Å². The fourth-order valence-electron chi connectivity index (χ4n) is 2.86. The Hall–Kier alpha value is -2.04. The van der Waals surface area contributed by atoms with E-state index in [1.165, 1.54) is 18.4 Å². The molecule has 0 radical (unpaired) electrons. The van der Waals surface area contributed by atoms with Crippen molar-refractivity contribution in [1.82, 2.24) is 20.2 Å². The Balaban J connectivity index is 1.74. The molecule has 0 amide bonds. The van der Waals surface area contributed by atoms with E-state index in [-0.39, 0.29) is 0 Å². The Morgan fingerprint density at radius 3 is 2.58 bits per heavy atom. The zero-order valence-electron chi connectivity index (χ0n) is 15.5. The van der Waals surface area contributed by atoms with Gasteiger partial charge in [-0.1, -0.05) is 26.0 Å². The summed E-state index contributed by atoms with van der Waals surface area (Å²) in [4.78, 5) is 8.90. The number of benzene rings is 1. The van der Waals surface area contributed by atoms with Crippen LogP contribution in [0.2, 0.25) is 0 Å². The van der Waals surface area contributed by atoms with Crippen LogP contribution in [-0.2, 0) is 6.54 Å². The molecule has 0 saturated heterocycles. The normalized spacial score (nSPS) is 12.1. The lowest BCUT2D eigenvalue weighted by atomic mass is 10.1. The number of aliphatic imine (C=N–C) groups is 1. The number of guanidine groups is 1. The van der Waals surface area contributed by atoms with Crippen LogP contribution >= 0.6 is 0 Å². The summed E-state index contributed by atoms with van der Waals surface area (Å²) in [5.74, 6) is 2.73. The maximum Gasteiger partial charge on any atom is 0.190 e. The molecule has 0 atom stereocenters. The quantitative estimate of drug-likeness (QED) is 0.444. The molecule has 1 heterocycles. The van der Waals surface area contributed by atoms with Gasteiger partial charge in [-0.25, -0.2) is 4.98 Å². The van der Waals surface area contributed by atoms with Gasteiger partial charge in [0.1, 0.15) is 5.82 Å². The minimum Gasteiger partial charge on any atom is -0.356 e. The van der Waals surface area contributed by atoms with Crippen LogP contribution in [0.25, 0.3) is 11.0 Å². The van der Waals surface area contributed by atoms with Crippen LogP contribution in [0.5, 0.6) is 0 Å². The molecular weight excluding hydrogens is 298 g/mol. The van der Waals surface area contributed by atoms with Crippen LogP contribution in [0.3, 0.4) is 0 Å². The van der Waals surface area contributed by atoms with Crippen molar-refractivity contribution in [1.29, 1.82) is 0 Å². The standard InChI is InChI=1S/C19H31N5/c1-15(2)9-7-12-21-19(20-4)22-13-8-14-24-16(3)23-17-10-5-6-11-18(17)24/h5-6,10-11,15H,7-9,12-14H2,1-4H3,(H2,20,21,22). The molecule has 1 aromatic carbocycles. The highest BCUT2D eigenvalue weighted by molar-refractivity contribution is 5.79. The number of nitrogens with zero attached hydrogens (tertiary/aromatic N) is 3. The predicted octanol–water partition coefficient (Wildman–Crippen LogP) is 3.34. The Morgan fingerprint density at radius 1 is 1.17 bits per heavy atom. The maximum absolute atomic E-state index is 4.61. The van der Waals surface area contributed by atoms with Gasteiger partial charge in [-0.2, -0.15) is 0 Å². The number of fused-ring (bicyclic) bond motifs is 1. The van der Waals surface area contributed by atoms with Gasteiger partial charge in [0, 0.05) is 26.7 Å². The topological polar surface area (TPSA) is 54.2 Å². The molecule has 5 nitrogen and oxygen atoms in total. The Bertz CT molecular complexity index is 657. The molecule has 132 valence electrons. The van der Waals surface area contributed by atoms with Crippen LogP contribution in [0.1, 0.15) is 38.9 Å². The first kappa shape index (κ1) is 18.3. The highest BCUT2D eigenvalue weighted by Crippen LogP contribution is 2.15. The second-order valence-corrected chi connectivity index (χ2v) is 6.61. The number of hydrogen-bond acceptors (Lipinski definition) is 2. The zero-order chi connectivity index (χ0) is 17.4. The highest BCUT2D eigenvalue weighted by Gasteiger charge is 2.06. The van der Waals surface area contributed by atoms with Crippen molar-refractivity contribution < 1.29 is 0 Å². The molecule has 0 unspecified atom stereocenters. The number of para-hydroxylation sites is 2. The number of rotatable bonds is 8. The SMILES string of the molecule is CN=C(NCCCC(C)C)NCCCn1c(C)nc2ccccc21. The fourth-order valence-corrected chi connectivity index (χ4v) is 2.86. The van der Waals surface area contributed by atoms with Crippen LogP contribution in [0.4, 0.5) is 0 Å². The largest absolute Gasteiger partial charge is 0.356 e. The maximum atomic E-state index is 4.61. The summed E-state index contributed by atoms with van der Waals surface area (Å²) in [5.41, 5.74) is 2.29. The molecule has 0 aliphatic heterocycles. The molecule has 0 aliphatic rings. The lowest BCUT2D eigenvalue weighted by Crippen LogP contribution is -2.38. The van der Waals surface area contributed by atoms with Crippen LogP contribution < -0.4 is 10.6 Å². The third-order valence-corrected chi connectivity index (χ3v) is 4.17. The van der Waals surface area contributed by atoms with E-state index in [0.29, 0.717) is 0 Å². The first-order chi connectivity index (χ1) is 11.6. The third kappa shape index (κ3) is 5.25. The van der Waals surface area contributed by atoms with Crippen LogP contribution in [0, 0.1) is 12.8 Å². The van der Waals surface area contributed by atoms with Gasteiger partial charge in [-0.15, -0.1) is 0 Å². The van der Waals surface area contributed by atoms with Crippen molar-refractivity contribution in [2.75, 3.05) is 20.1 Å². The van der Waals surface area contributed by atoms with Gasteiger partial charge >= 0.3 is 0 Å². The molecule has 0 saturated carbocycles. The van der Waals surface area contributed by atoms with E-state index in [1.54, 1.807) is 0 Å². The summed E-state index contributed by atoms with van der Waals surface area (Å²) in [6.07, 6.45) is 3.46. The van der Waals surface area contributed by atoms with E-state index in [4.69, 9.17) is 0 Å². The summed E-state index contributed by atoms with van der Waals surface area (Å²) in [6, 6.07) is 8.31. The zero-order valence-corrected chi connectivity index (χ0v) is 15.5. The molecule has 2 N–H and O–H groups in total. The first-order valence-electron chi connectivity index (χ1n) is 8.98. The summed E-state index contributed by atoms with van der Waals surface area (Å²) in [7, 11) is 1.82. The Morgan fingerprint density at radius 2 is 1.88 bits per heavy atom. The molecule has 0 fully saturated rings. The van der Waals surface area contributed by atoms with E-state index in [1.807, 2.05) is 13.1 Å². The molecule has 0 bridgehead atoms. The van der Waals surface area contributed by atoms with Crippen molar-refractivity contribution >= 4 is 17.0 Å². The summed E-state index contributed by atoms with van der Waals surface area (Å²) < 4.78 is 2.29. The average molecular weight is 329 g/mol. The molecule has 1 aromatic heterocycles. The summed E-state index contributed by atoms with van der Waals surface area (Å²) in [5, 5.41) is 6.77. The van der Waals surface area contributed by atoms with Crippen LogP contribution in [0.15, 0.2) is 29.3 Å². The average Bonchev–Trinajstić information content (AvgIpc) is 2.88. The first-order valence-corrected chi connectivity index (χ1v) is 8.98. The van der Waals surface area contributed by atoms with E-state index in [9.17, 15) is 0 Å². The molecule has 0 spiro atoms. The predicted molar refractivity (Wildman–Crippen MR) is 103 cm³/mol. The van der Waals surface area contributed by atoms with Crippen molar-refractivity contribution in [3.05, 3.63) is 30.1 Å². The fraction of sp³-hybridized carbons (Fsp3) is 0.579. The van der Waals surface area contributed by atoms with Gasteiger partial charge in [0.05, 0.1) is 11.0 Å². The molecule has 2 aromatic rings. The Kier molecular flexibility index (Phi) is 7.09. The van der Waals surface area contributed by atoms with Gasteiger partial charge in [-0.05, 0) is 44.2 Å². The number of imidazole rings is 1. The van der Waals surface area contributed by atoms with E-state index < -0.39 is 0 Å². The van der Waals surface area contributed by atoms with E-state index in [0.717, 1.165) is 49.3 Å². The second kappa shape index (κ2) is 9.30. The van der Waals surface area contributed by atoms with Gasteiger partial charge in [0.15, 0.2) is 5.96 Å². The smallest absolute Gasteiger partial charge is 0.190 e. The Labute approximate surface area is 145 Å². The molecular formula is C19H31N5. The molecule has 24 heavy (non-hydrogen) atoms. The number of hydrogen-bond donors (Lipinski definition) is 2. The van der Waals surface area contributed by atoms with Crippen molar-refractivity contribution in [3.8, 4) is 0 Å². The summed E-state index contributed by atoms with van der Waals surface area (Å²) >= 11 is 0. The van der Waals surface area contributed by atoms with E-state index in [2.05, 4.69) is 64.1 Å². The minimum atomic E-state index is 0.759. The van der Waals surface area contributed by atoms with Crippen molar-refractivity contribution in [2.24, 2.45) is 10.9 Å². The lowest BCUT2D eigenvalue weighted by molar-refractivity contribution is 0.548. The number of aromatic nitrogens is 2. The van der Waals surface area contributed by atoms with Gasteiger partial charge in [0.2, 0.25) is 0 Å². The molecule has 2 rings (SSSR count). The molecule has 0 aliphatic carbocycles. The number of aryl methyl sites for hydroxylation is 2. The monoisotopic (exact) mass is 329 g/mol.